The van der Waals surface area contributed by atoms with Crippen LogP contribution < -0.4 is 0 Å². The Morgan fingerprint density at radius 3 is 2.75 bits per heavy atom. The molecule has 0 bridgehead atoms. The van der Waals surface area contributed by atoms with Crippen LogP contribution in [0.15, 0.2) is 0 Å². The molecule has 0 aromatic carbocycles. The second-order valence-corrected chi connectivity index (χ2v) is 8.56. The third-order valence-corrected chi connectivity index (χ3v) is 8.11. The van der Waals surface area contributed by atoms with Crippen molar-refractivity contribution in [3.8, 4) is 0 Å². The van der Waals surface area contributed by atoms with Crippen LogP contribution in [0.25, 0.3) is 0 Å². The molecular weight excluding hydrogens is 367 g/mol. The highest BCUT2D eigenvalue weighted by molar-refractivity contribution is 14.1. The Bertz CT molecular complexity index is 397. The molecule has 20 heavy (non-hydrogen) atoms. The number of rotatable bonds is 1. The highest BCUT2D eigenvalue weighted by atomic mass is 127. The van der Waals surface area contributed by atoms with Gasteiger partial charge < -0.3 is 9.84 Å². The van der Waals surface area contributed by atoms with Crippen LogP contribution in [0.2, 0.25) is 0 Å². The van der Waals surface area contributed by atoms with Crippen LogP contribution in [-0.4, -0.2) is 21.8 Å². The number of esters is 1. The summed E-state index contributed by atoms with van der Waals surface area (Å²) in [5, 5.41) is 10.2. The smallest absolute Gasteiger partial charge is 0.306 e. The van der Waals surface area contributed by atoms with Gasteiger partial charge in [0, 0.05) is 11.8 Å². The summed E-state index contributed by atoms with van der Waals surface area (Å²) < 4.78 is 5.08. The summed E-state index contributed by atoms with van der Waals surface area (Å²) in [5.74, 6) is 3.06. The van der Waals surface area contributed by atoms with E-state index >= 15 is 0 Å². The van der Waals surface area contributed by atoms with Crippen molar-refractivity contribution >= 4 is 28.6 Å². The molecule has 3 aliphatic rings. The van der Waals surface area contributed by atoms with Gasteiger partial charge in [-0.3, -0.25) is 4.79 Å². The van der Waals surface area contributed by atoms with Crippen LogP contribution in [0.1, 0.15) is 46.0 Å². The molecule has 2 saturated carbocycles. The zero-order valence-electron chi connectivity index (χ0n) is 12.3. The predicted molar refractivity (Wildman–Crippen MR) is 85.3 cm³/mol. The van der Waals surface area contributed by atoms with Crippen molar-refractivity contribution in [1.82, 2.24) is 0 Å². The number of alkyl halides is 1. The average molecular weight is 392 g/mol. The fraction of sp³-hybridized carbons (Fsp3) is 0.938. The number of aliphatic hydroxyl groups excluding tert-OH is 1. The lowest BCUT2D eigenvalue weighted by molar-refractivity contribution is -0.163. The molecule has 0 spiro atoms. The van der Waals surface area contributed by atoms with Crippen LogP contribution in [-0.2, 0) is 9.53 Å². The number of halogens is 1. The van der Waals surface area contributed by atoms with Gasteiger partial charge in [0.05, 0.1) is 6.61 Å². The molecule has 7 unspecified atom stereocenters. The lowest BCUT2D eigenvalue weighted by Gasteiger charge is -2.55. The number of ether oxygens (including phenoxy) is 1. The van der Waals surface area contributed by atoms with E-state index in [2.05, 4.69) is 36.4 Å². The first-order chi connectivity index (χ1) is 9.43. The van der Waals surface area contributed by atoms with Gasteiger partial charge in [-0.25, -0.2) is 0 Å². The Kier molecular flexibility index (Phi) is 4.08. The number of carbonyl (C=O) groups excluding carboxylic acids is 1. The first-order valence-electron chi connectivity index (χ1n) is 7.91. The lowest BCUT2D eigenvalue weighted by atomic mass is 9.52. The van der Waals surface area contributed by atoms with Crippen molar-refractivity contribution in [1.29, 1.82) is 0 Å². The fourth-order valence-corrected chi connectivity index (χ4v) is 5.94. The topological polar surface area (TPSA) is 46.5 Å². The first kappa shape index (κ1) is 15.1. The predicted octanol–water partition coefficient (Wildman–Crippen LogP) is 3.38. The molecule has 7 atom stereocenters. The molecule has 1 heterocycles. The van der Waals surface area contributed by atoms with Gasteiger partial charge in [0.25, 0.3) is 0 Å². The van der Waals surface area contributed by atoms with Crippen LogP contribution in [0, 0.1) is 35.0 Å². The van der Waals surface area contributed by atoms with E-state index in [0.717, 1.165) is 6.42 Å². The van der Waals surface area contributed by atoms with E-state index < -0.39 is 0 Å². The maximum Gasteiger partial charge on any atom is 0.306 e. The van der Waals surface area contributed by atoms with Crippen molar-refractivity contribution in [2.45, 2.75) is 50.1 Å². The standard InChI is InChI=1S/C16H25IO3/c1-9-11-4-3-10-7-14(18)20-8-13(10)12(11)5-6-16(9,2)15(17)19/h9-13,15,19H,3-8H2,1-2H3. The quantitative estimate of drug-likeness (QED) is 0.423. The third-order valence-electron chi connectivity index (χ3n) is 6.68. The molecule has 114 valence electrons. The Morgan fingerprint density at radius 2 is 2.05 bits per heavy atom. The molecule has 3 rings (SSSR count). The summed E-state index contributed by atoms with van der Waals surface area (Å²) in [7, 11) is 0. The molecule has 0 amide bonds. The van der Waals surface area contributed by atoms with Crippen molar-refractivity contribution in [2.24, 2.45) is 35.0 Å². The maximum absolute atomic E-state index is 11.5. The van der Waals surface area contributed by atoms with Crippen molar-refractivity contribution < 1.29 is 14.6 Å². The zero-order chi connectivity index (χ0) is 14.5. The van der Waals surface area contributed by atoms with Gasteiger partial charge in [0.2, 0.25) is 0 Å². The normalized spacial score (nSPS) is 49.8. The molecular formula is C16H25IO3. The highest BCUT2D eigenvalue weighted by Crippen LogP contribution is 2.57. The number of carbonyl (C=O) groups is 1. The molecule has 2 aliphatic carbocycles. The molecule has 0 aromatic rings. The molecule has 3 nitrogen and oxygen atoms in total. The van der Waals surface area contributed by atoms with Gasteiger partial charge in [-0.05, 0) is 55.3 Å². The molecule has 0 aromatic heterocycles. The lowest BCUT2D eigenvalue weighted by Crippen LogP contribution is -2.51. The maximum atomic E-state index is 11.5. The zero-order valence-corrected chi connectivity index (χ0v) is 14.5. The molecule has 1 N–H and O–H groups in total. The van der Waals surface area contributed by atoms with E-state index in [-0.39, 0.29) is 15.5 Å². The summed E-state index contributed by atoms with van der Waals surface area (Å²) in [6.45, 7) is 5.22. The van der Waals surface area contributed by atoms with Gasteiger partial charge in [0.1, 0.15) is 4.11 Å². The third kappa shape index (κ3) is 2.31. The van der Waals surface area contributed by atoms with E-state index in [1.165, 1.54) is 19.3 Å². The molecule has 1 aliphatic heterocycles. The second-order valence-electron chi connectivity index (χ2n) is 7.39. The van der Waals surface area contributed by atoms with Crippen LogP contribution in [0.5, 0.6) is 0 Å². The summed E-state index contributed by atoms with van der Waals surface area (Å²) in [6.07, 6.45) is 5.30. The summed E-state index contributed by atoms with van der Waals surface area (Å²) in [4.78, 5) is 11.5. The number of hydrogen-bond donors (Lipinski definition) is 1. The minimum absolute atomic E-state index is 0.00100. The number of fused-ring (bicyclic) bond motifs is 3. The Balaban J connectivity index is 1.79. The van der Waals surface area contributed by atoms with E-state index in [0.29, 0.717) is 42.6 Å². The highest BCUT2D eigenvalue weighted by Gasteiger charge is 2.52. The molecule has 0 radical (unpaired) electrons. The SMILES string of the molecule is CC1C2CCC3CC(=O)OCC3C2CCC1(C)C(O)I. The largest absolute Gasteiger partial charge is 0.465 e. The second kappa shape index (κ2) is 5.41. The van der Waals surface area contributed by atoms with Crippen LogP contribution in [0.4, 0.5) is 0 Å². The van der Waals surface area contributed by atoms with E-state index in [1.54, 1.807) is 0 Å². The first-order valence-corrected chi connectivity index (χ1v) is 9.16. The number of hydrogen-bond acceptors (Lipinski definition) is 3. The van der Waals surface area contributed by atoms with Crippen LogP contribution >= 0.6 is 22.6 Å². The van der Waals surface area contributed by atoms with E-state index in [1.807, 2.05) is 0 Å². The average Bonchev–Trinajstić information content (AvgIpc) is 2.42. The van der Waals surface area contributed by atoms with Crippen molar-refractivity contribution in [2.75, 3.05) is 6.61 Å². The monoisotopic (exact) mass is 392 g/mol. The Morgan fingerprint density at radius 1 is 1.30 bits per heavy atom. The van der Waals surface area contributed by atoms with Gasteiger partial charge in [-0.2, -0.15) is 0 Å². The Hall–Kier alpha value is 0.160. The number of aliphatic hydroxyl groups is 1. The fourth-order valence-electron chi connectivity index (χ4n) is 5.06. The minimum atomic E-state index is -0.266. The van der Waals surface area contributed by atoms with Crippen molar-refractivity contribution in [3.05, 3.63) is 0 Å². The van der Waals surface area contributed by atoms with Gasteiger partial charge in [-0.1, -0.05) is 36.4 Å². The van der Waals surface area contributed by atoms with E-state index in [9.17, 15) is 9.90 Å². The molecule has 4 heteroatoms. The summed E-state index contributed by atoms with van der Waals surface area (Å²) in [5.41, 5.74) is 0.0416. The summed E-state index contributed by atoms with van der Waals surface area (Å²) in [6, 6.07) is 0. The summed E-state index contributed by atoms with van der Waals surface area (Å²) >= 11 is 2.18. The molecule has 1 saturated heterocycles. The van der Waals surface area contributed by atoms with Gasteiger partial charge in [0.15, 0.2) is 0 Å². The van der Waals surface area contributed by atoms with Crippen LogP contribution in [0.3, 0.4) is 0 Å². The minimum Gasteiger partial charge on any atom is -0.465 e. The van der Waals surface area contributed by atoms with Gasteiger partial charge in [-0.15, -0.1) is 0 Å². The Labute approximate surface area is 135 Å². The van der Waals surface area contributed by atoms with Gasteiger partial charge >= 0.3 is 5.97 Å². The van der Waals surface area contributed by atoms with E-state index in [4.69, 9.17) is 4.74 Å². The van der Waals surface area contributed by atoms with Crippen molar-refractivity contribution in [3.63, 3.8) is 0 Å². The molecule has 3 fully saturated rings. The number of cyclic esters (lactones) is 1.